The Morgan fingerprint density at radius 2 is 1.71 bits per heavy atom. The van der Waals surface area contributed by atoms with Gasteiger partial charge < -0.3 is 10.6 Å². The molecule has 0 spiro atoms. The van der Waals surface area contributed by atoms with Crippen molar-refractivity contribution in [1.29, 1.82) is 0 Å². The van der Waals surface area contributed by atoms with Crippen molar-refractivity contribution in [2.45, 2.75) is 38.9 Å². The lowest BCUT2D eigenvalue weighted by atomic mass is 10.1. The summed E-state index contributed by atoms with van der Waals surface area (Å²) < 4.78 is 0. The van der Waals surface area contributed by atoms with Gasteiger partial charge in [-0.15, -0.1) is 35.1 Å². The zero-order valence-corrected chi connectivity index (χ0v) is 14.5. The quantitative estimate of drug-likeness (QED) is 0.828. The normalized spacial score (nSPS) is 11.7. The third-order valence-corrected chi connectivity index (χ3v) is 4.80. The maximum absolute atomic E-state index is 12.5. The summed E-state index contributed by atoms with van der Waals surface area (Å²) in [6, 6.07) is 7.76. The summed E-state index contributed by atoms with van der Waals surface area (Å²) in [5.41, 5.74) is 6.00. The van der Waals surface area contributed by atoms with Crippen molar-refractivity contribution >= 4 is 41.0 Å². The first kappa shape index (κ1) is 18.2. The van der Waals surface area contributed by atoms with Gasteiger partial charge in [-0.25, -0.2) is 0 Å². The Morgan fingerprint density at radius 1 is 1.19 bits per heavy atom. The van der Waals surface area contributed by atoms with Gasteiger partial charge in [-0.05, 0) is 29.3 Å². The van der Waals surface area contributed by atoms with Crippen LogP contribution in [0, 0.1) is 0 Å². The summed E-state index contributed by atoms with van der Waals surface area (Å²) in [6.45, 7) is 3.34. The van der Waals surface area contributed by atoms with Crippen LogP contribution in [0.4, 0.5) is 0 Å². The standard InChI is InChI=1S/C15H20N2OS2.ClH/c1-2-5-14(16)15(18)17(10-12-6-3-8-19-12)11-13-7-4-9-20-13;/h3-4,6-9,14H,2,5,10-11,16H2,1H3;1H. The van der Waals surface area contributed by atoms with Crippen LogP contribution >= 0.6 is 35.1 Å². The minimum absolute atomic E-state index is 0. The fourth-order valence-corrected chi connectivity index (χ4v) is 3.50. The summed E-state index contributed by atoms with van der Waals surface area (Å²) >= 11 is 3.35. The molecule has 6 heteroatoms. The molecule has 0 radical (unpaired) electrons. The fraction of sp³-hybridized carbons (Fsp3) is 0.400. The molecular weight excluding hydrogens is 324 g/mol. The monoisotopic (exact) mass is 344 g/mol. The van der Waals surface area contributed by atoms with Crippen LogP contribution in [-0.4, -0.2) is 16.8 Å². The molecule has 1 atom stereocenters. The van der Waals surface area contributed by atoms with E-state index >= 15 is 0 Å². The highest BCUT2D eigenvalue weighted by molar-refractivity contribution is 7.10. The van der Waals surface area contributed by atoms with E-state index in [1.54, 1.807) is 22.7 Å². The molecular formula is C15H21ClN2OS2. The van der Waals surface area contributed by atoms with Crippen molar-refractivity contribution in [3.8, 4) is 0 Å². The van der Waals surface area contributed by atoms with Crippen LogP contribution in [0.3, 0.4) is 0 Å². The highest BCUT2D eigenvalue weighted by Crippen LogP contribution is 2.18. The highest BCUT2D eigenvalue weighted by atomic mass is 35.5. The lowest BCUT2D eigenvalue weighted by molar-refractivity contribution is -0.133. The summed E-state index contributed by atoms with van der Waals surface area (Å²) in [6.07, 6.45) is 1.67. The van der Waals surface area contributed by atoms with E-state index in [-0.39, 0.29) is 24.4 Å². The zero-order valence-electron chi connectivity index (χ0n) is 12.0. The van der Waals surface area contributed by atoms with Gasteiger partial charge in [0.2, 0.25) is 5.91 Å². The van der Waals surface area contributed by atoms with Crippen LogP contribution < -0.4 is 5.73 Å². The van der Waals surface area contributed by atoms with Crippen molar-refractivity contribution in [3.63, 3.8) is 0 Å². The second kappa shape index (κ2) is 9.20. The molecule has 0 bridgehead atoms. The van der Waals surface area contributed by atoms with Gasteiger partial charge >= 0.3 is 0 Å². The number of nitrogens with zero attached hydrogens (tertiary/aromatic N) is 1. The van der Waals surface area contributed by atoms with Crippen molar-refractivity contribution in [2.75, 3.05) is 0 Å². The lowest BCUT2D eigenvalue weighted by Crippen LogP contribution is -2.42. The van der Waals surface area contributed by atoms with Gasteiger partial charge in [-0.2, -0.15) is 0 Å². The first-order chi connectivity index (χ1) is 9.70. The van der Waals surface area contributed by atoms with E-state index in [1.807, 2.05) is 27.8 Å². The molecule has 1 amide bonds. The number of rotatable bonds is 7. The van der Waals surface area contributed by atoms with E-state index in [0.717, 1.165) is 12.8 Å². The van der Waals surface area contributed by atoms with Crippen LogP contribution in [0.25, 0.3) is 0 Å². The number of carbonyl (C=O) groups is 1. The smallest absolute Gasteiger partial charge is 0.240 e. The molecule has 2 aromatic rings. The highest BCUT2D eigenvalue weighted by Gasteiger charge is 2.21. The van der Waals surface area contributed by atoms with Gasteiger partial charge in [0.05, 0.1) is 19.1 Å². The molecule has 2 rings (SSSR count). The van der Waals surface area contributed by atoms with Crippen LogP contribution in [-0.2, 0) is 17.9 Å². The number of thiophene rings is 2. The molecule has 0 aromatic carbocycles. The van der Waals surface area contributed by atoms with Gasteiger partial charge in [0.15, 0.2) is 0 Å². The van der Waals surface area contributed by atoms with Crippen LogP contribution in [0.2, 0.25) is 0 Å². The molecule has 2 N–H and O–H groups in total. The van der Waals surface area contributed by atoms with Crippen LogP contribution in [0.1, 0.15) is 29.5 Å². The summed E-state index contributed by atoms with van der Waals surface area (Å²) in [4.78, 5) is 16.8. The average Bonchev–Trinajstić information content (AvgIpc) is 3.10. The number of hydrogen-bond acceptors (Lipinski definition) is 4. The number of amides is 1. The third-order valence-electron chi connectivity index (χ3n) is 3.08. The van der Waals surface area contributed by atoms with Gasteiger partial charge in [0.1, 0.15) is 0 Å². The Kier molecular flexibility index (Phi) is 7.96. The largest absolute Gasteiger partial charge is 0.331 e. The molecule has 2 heterocycles. The van der Waals surface area contributed by atoms with E-state index in [1.165, 1.54) is 9.75 Å². The fourth-order valence-electron chi connectivity index (χ4n) is 2.06. The topological polar surface area (TPSA) is 46.3 Å². The second-order valence-corrected chi connectivity index (χ2v) is 6.81. The molecule has 116 valence electrons. The predicted octanol–water partition coefficient (Wildman–Crippen LogP) is 3.89. The molecule has 0 aliphatic rings. The van der Waals surface area contributed by atoms with Crippen molar-refractivity contribution in [2.24, 2.45) is 5.73 Å². The van der Waals surface area contributed by atoms with Gasteiger partial charge in [-0.3, -0.25) is 4.79 Å². The van der Waals surface area contributed by atoms with Gasteiger partial charge in [0, 0.05) is 9.75 Å². The molecule has 0 saturated carbocycles. The first-order valence-corrected chi connectivity index (χ1v) is 8.55. The zero-order chi connectivity index (χ0) is 14.4. The summed E-state index contributed by atoms with van der Waals surface area (Å²) in [5, 5.41) is 4.07. The van der Waals surface area contributed by atoms with Gasteiger partial charge in [0.25, 0.3) is 0 Å². The SMILES string of the molecule is CCCC(N)C(=O)N(Cc1cccs1)Cc1cccs1.Cl. The molecule has 0 aliphatic carbocycles. The molecule has 2 aromatic heterocycles. The van der Waals surface area contributed by atoms with E-state index < -0.39 is 0 Å². The van der Waals surface area contributed by atoms with E-state index in [9.17, 15) is 4.79 Å². The average molecular weight is 345 g/mol. The third kappa shape index (κ3) is 5.43. The van der Waals surface area contributed by atoms with E-state index in [0.29, 0.717) is 13.1 Å². The first-order valence-electron chi connectivity index (χ1n) is 6.79. The molecule has 0 saturated heterocycles. The second-order valence-electron chi connectivity index (χ2n) is 4.75. The minimum Gasteiger partial charge on any atom is -0.331 e. The molecule has 21 heavy (non-hydrogen) atoms. The lowest BCUT2D eigenvalue weighted by Gasteiger charge is -2.24. The molecule has 0 aliphatic heterocycles. The summed E-state index contributed by atoms with van der Waals surface area (Å²) in [7, 11) is 0. The maximum atomic E-state index is 12.5. The number of carbonyl (C=O) groups excluding carboxylic acids is 1. The number of halogens is 1. The van der Waals surface area contributed by atoms with Crippen molar-refractivity contribution in [3.05, 3.63) is 44.8 Å². The Morgan fingerprint density at radius 3 is 2.10 bits per heavy atom. The Balaban J connectivity index is 0.00000220. The predicted molar refractivity (Wildman–Crippen MR) is 93.0 cm³/mol. The van der Waals surface area contributed by atoms with Gasteiger partial charge in [-0.1, -0.05) is 25.5 Å². The molecule has 3 nitrogen and oxygen atoms in total. The maximum Gasteiger partial charge on any atom is 0.240 e. The Bertz CT molecular complexity index is 478. The van der Waals surface area contributed by atoms with E-state index in [4.69, 9.17) is 5.73 Å². The van der Waals surface area contributed by atoms with Crippen LogP contribution in [0.15, 0.2) is 35.0 Å². The van der Waals surface area contributed by atoms with Crippen molar-refractivity contribution in [1.82, 2.24) is 4.90 Å². The Hall–Kier alpha value is -0.880. The molecule has 1 unspecified atom stereocenters. The number of hydrogen-bond donors (Lipinski definition) is 1. The van der Waals surface area contributed by atoms with Crippen molar-refractivity contribution < 1.29 is 4.79 Å². The summed E-state index contributed by atoms with van der Waals surface area (Å²) in [5.74, 6) is 0.0497. The number of nitrogens with two attached hydrogens (primary N) is 1. The van der Waals surface area contributed by atoms with E-state index in [2.05, 4.69) is 19.1 Å². The minimum atomic E-state index is -0.389. The molecule has 0 fully saturated rings. The Labute approximate surface area is 140 Å². The van der Waals surface area contributed by atoms with Crippen LogP contribution in [0.5, 0.6) is 0 Å².